The number of aromatic nitrogens is 1. The molecular weight excluding hydrogens is 318 g/mol. The fourth-order valence-electron chi connectivity index (χ4n) is 3.12. The van der Waals surface area contributed by atoms with Crippen LogP contribution in [0.2, 0.25) is 0 Å². The maximum absolute atomic E-state index is 12.4. The molecule has 3 aromatic rings. The van der Waals surface area contributed by atoms with Gasteiger partial charge < -0.3 is 14.7 Å². The van der Waals surface area contributed by atoms with E-state index in [9.17, 15) is 9.59 Å². The molecule has 6 heteroatoms. The van der Waals surface area contributed by atoms with Crippen LogP contribution in [0.4, 0.5) is 11.5 Å². The van der Waals surface area contributed by atoms with E-state index in [2.05, 4.69) is 10.5 Å². The van der Waals surface area contributed by atoms with Gasteiger partial charge in [0.1, 0.15) is 0 Å². The Morgan fingerprint density at radius 1 is 1.08 bits per heavy atom. The Hall–Kier alpha value is -3.15. The zero-order chi connectivity index (χ0) is 17.2. The first-order chi connectivity index (χ1) is 12.2. The lowest BCUT2D eigenvalue weighted by atomic mass is 10.2. The average molecular weight is 335 g/mol. The van der Waals surface area contributed by atoms with Gasteiger partial charge in [0, 0.05) is 25.1 Å². The number of anilines is 2. The molecule has 0 atom stereocenters. The van der Waals surface area contributed by atoms with Crippen LogP contribution in [0.1, 0.15) is 18.4 Å². The maximum Gasteiger partial charge on any atom is 0.227 e. The first kappa shape index (κ1) is 15.4. The molecule has 1 aromatic heterocycles. The van der Waals surface area contributed by atoms with E-state index in [1.165, 1.54) is 5.56 Å². The standard InChI is InChI=1S/C19H17N3O3/c23-17(20-19-14-6-2-4-8-16(14)25-21-19)9-10-18(24)22-12-11-13-5-1-3-7-15(13)22/h1-8H,9-12H2,(H,20,21,23). The number of amides is 2. The molecule has 1 N–H and O–H groups in total. The number of fused-ring (bicyclic) bond motifs is 2. The van der Waals surface area contributed by atoms with Gasteiger partial charge in [0.15, 0.2) is 11.4 Å². The van der Waals surface area contributed by atoms with Crippen LogP contribution in [-0.2, 0) is 16.0 Å². The van der Waals surface area contributed by atoms with Gasteiger partial charge in [-0.25, -0.2) is 0 Å². The minimum atomic E-state index is -0.250. The van der Waals surface area contributed by atoms with Crippen LogP contribution >= 0.6 is 0 Å². The van der Waals surface area contributed by atoms with E-state index in [-0.39, 0.29) is 24.7 Å². The molecule has 2 heterocycles. The molecule has 2 amide bonds. The number of hydrogen-bond acceptors (Lipinski definition) is 4. The summed E-state index contributed by atoms with van der Waals surface area (Å²) >= 11 is 0. The van der Waals surface area contributed by atoms with Crippen LogP contribution < -0.4 is 10.2 Å². The summed E-state index contributed by atoms with van der Waals surface area (Å²) in [5.74, 6) is 0.101. The summed E-state index contributed by atoms with van der Waals surface area (Å²) in [5.41, 5.74) is 2.74. The number of benzene rings is 2. The Balaban J connectivity index is 1.37. The zero-order valence-electron chi connectivity index (χ0n) is 13.6. The van der Waals surface area contributed by atoms with Crippen molar-refractivity contribution in [2.24, 2.45) is 0 Å². The molecule has 1 aliphatic heterocycles. The summed E-state index contributed by atoms with van der Waals surface area (Å²) in [6.07, 6.45) is 1.13. The third-order valence-corrected chi connectivity index (χ3v) is 4.39. The van der Waals surface area contributed by atoms with E-state index in [0.29, 0.717) is 17.9 Å². The monoisotopic (exact) mass is 335 g/mol. The first-order valence-electron chi connectivity index (χ1n) is 8.25. The Kier molecular flexibility index (Phi) is 3.93. The molecular formula is C19H17N3O3. The first-order valence-corrected chi connectivity index (χ1v) is 8.25. The smallest absolute Gasteiger partial charge is 0.227 e. The predicted octanol–water partition coefficient (Wildman–Crippen LogP) is 3.14. The number of para-hydroxylation sites is 2. The minimum Gasteiger partial charge on any atom is -0.354 e. The van der Waals surface area contributed by atoms with Crippen molar-refractivity contribution in [1.29, 1.82) is 0 Å². The van der Waals surface area contributed by atoms with Gasteiger partial charge in [-0.05, 0) is 30.2 Å². The summed E-state index contributed by atoms with van der Waals surface area (Å²) in [6, 6.07) is 15.2. The van der Waals surface area contributed by atoms with Crippen molar-refractivity contribution in [3.63, 3.8) is 0 Å². The fraction of sp³-hybridized carbons (Fsp3) is 0.211. The van der Waals surface area contributed by atoms with Crippen molar-refractivity contribution in [2.75, 3.05) is 16.8 Å². The molecule has 0 aliphatic carbocycles. The molecule has 0 bridgehead atoms. The molecule has 0 spiro atoms. The molecule has 1 aliphatic rings. The third-order valence-electron chi connectivity index (χ3n) is 4.39. The van der Waals surface area contributed by atoms with Gasteiger partial charge in [0.25, 0.3) is 0 Å². The van der Waals surface area contributed by atoms with Gasteiger partial charge in [0.2, 0.25) is 11.8 Å². The number of rotatable bonds is 4. The Labute approximate surface area is 144 Å². The molecule has 0 radical (unpaired) electrons. The lowest BCUT2D eigenvalue weighted by molar-refractivity contribution is -0.122. The van der Waals surface area contributed by atoms with Gasteiger partial charge in [-0.2, -0.15) is 0 Å². The molecule has 0 unspecified atom stereocenters. The van der Waals surface area contributed by atoms with Crippen molar-refractivity contribution in [3.8, 4) is 0 Å². The van der Waals surface area contributed by atoms with Gasteiger partial charge >= 0.3 is 0 Å². The fourth-order valence-corrected chi connectivity index (χ4v) is 3.12. The number of nitrogens with zero attached hydrogens (tertiary/aromatic N) is 2. The lowest BCUT2D eigenvalue weighted by Crippen LogP contribution is -2.29. The molecule has 4 rings (SSSR count). The molecule has 0 saturated carbocycles. The van der Waals surface area contributed by atoms with Crippen LogP contribution in [0.25, 0.3) is 11.0 Å². The Morgan fingerprint density at radius 2 is 1.88 bits per heavy atom. The summed E-state index contributed by atoms with van der Waals surface area (Å²) < 4.78 is 5.16. The van der Waals surface area contributed by atoms with Crippen LogP contribution in [-0.4, -0.2) is 23.5 Å². The highest BCUT2D eigenvalue weighted by atomic mass is 16.5. The molecule has 126 valence electrons. The van der Waals surface area contributed by atoms with Crippen LogP contribution in [0.5, 0.6) is 0 Å². The van der Waals surface area contributed by atoms with Gasteiger partial charge in [-0.1, -0.05) is 35.5 Å². The number of nitrogens with one attached hydrogen (secondary N) is 1. The van der Waals surface area contributed by atoms with Crippen molar-refractivity contribution in [1.82, 2.24) is 5.16 Å². The normalized spacial score (nSPS) is 13.0. The number of hydrogen-bond donors (Lipinski definition) is 1. The second-order valence-electron chi connectivity index (χ2n) is 6.00. The van der Waals surface area contributed by atoms with Gasteiger partial charge in [0.05, 0.1) is 5.39 Å². The highest BCUT2D eigenvalue weighted by Crippen LogP contribution is 2.28. The van der Waals surface area contributed by atoms with E-state index in [1.54, 1.807) is 11.0 Å². The molecule has 25 heavy (non-hydrogen) atoms. The highest BCUT2D eigenvalue weighted by molar-refractivity contribution is 6.01. The zero-order valence-corrected chi connectivity index (χ0v) is 13.6. The van der Waals surface area contributed by atoms with E-state index >= 15 is 0 Å². The molecule has 2 aromatic carbocycles. The summed E-state index contributed by atoms with van der Waals surface area (Å²) in [4.78, 5) is 26.4. The van der Waals surface area contributed by atoms with Crippen LogP contribution in [0, 0.1) is 0 Å². The van der Waals surface area contributed by atoms with E-state index in [1.807, 2.05) is 42.5 Å². The maximum atomic E-state index is 12.4. The molecule has 6 nitrogen and oxygen atoms in total. The summed E-state index contributed by atoms with van der Waals surface area (Å²) in [7, 11) is 0. The quantitative estimate of drug-likeness (QED) is 0.795. The second-order valence-corrected chi connectivity index (χ2v) is 6.00. The second kappa shape index (κ2) is 6.39. The van der Waals surface area contributed by atoms with E-state index in [4.69, 9.17) is 4.52 Å². The third kappa shape index (κ3) is 2.98. The van der Waals surface area contributed by atoms with Crippen LogP contribution in [0.15, 0.2) is 53.1 Å². The van der Waals surface area contributed by atoms with Gasteiger partial charge in [-0.15, -0.1) is 0 Å². The SMILES string of the molecule is O=C(CCC(=O)N1CCc2ccccc21)Nc1noc2ccccc12. The summed E-state index contributed by atoms with van der Waals surface area (Å²) in [5, 5.41) is 7.33. The lowest BCUT2D eigenvalue weighted by Gasteiger charge is -2.17. The largest absolute Gasteiger partial charge is 0.354 e. The Bertz CT molecular complexity index is 948. The highest BCUT2D eigenvalue weighted by Gasteiger charge is 2.24. The summed E-state index contributed by atoms with van der Waals surface area (Å²) in [6.45, 7) is 0.674. The minimum absolute atomic E-state index is 0.0369. The molecule has 0 saturated heterocycles. The van der Waals surface area contributed by atoms with Crippen molar-refractivity contribution >= 4 is 34.3 Å². The predicted molar refractivity (Wildman–Crippen MR) is 94.4 cm³/mol. The molecule has 0 fully saturated rings. The van der Waals surface area contributed by atoms with Crippen molar-refractivity contribution in [3.05, 3.63) is 54.1 Å². The van der Waals surface area contributed by atoms with Crippen molar-refractivity contribution < 1.29 is 14.1 Å². The van der Waals surface area contributed by atoms with Crippen LogP contribution in [0.3, 0.4) is 0 Å². The average Bonchev–Trinajstić information content (AvgIpc) is 3.24. The van der Waals surface area contributed by atoms with E-state index < -0.39 is 0 Å². The van der Waals surface area contributed by atoms with E-state index in [0.717, 1.165) is 17.5 Å². The van der Waals surface area contributed by atoms with Crippen molar-refractivity contribution in [2.45, 2.75) is 19.3 Å². The van der Waals surface area contributed by atoms with Gasteiger partial charge in [-0.3, -0.25) is 9.59 Å². The number of carbonyl (C=O) groups is 2. The number of carbonyl (C=O) groups excluding carboxylic acids is 2. The Morgan fingerprint density at radius 3 is 2.80 bits per heavy atom. The topological polar surface area (TPSA) is 75.4 Å².